The first-order chi connectivity index (χ1) is 11.8. The second-order valence-corrected chi connectivity index (χ2v) is 6.59. The molecular weight excluding hydrogens is 320 g/mol. The summed E-state index contributed by atoms with van der Waals surface area (Å²) in [6.07, 6.45) is 3.55. The molecule has 1 aromatic carbocycles. The Kier molecular flexibility index (Phi) is 5.90. The lowest BCUT2D eigenvalue weighted by Crippen LogP contribution is -2.51. The van der Waals surface area contributed by atoms with Crippen LogP contribution in [0.3, 0.4) is 0 Å². The second kappa shape index (κ2) is 8.54. The van der Waals surface area contributed by atoms with E-state index in [0.717, 1.165) is 44.4 Å². The normalized spacial score (nSPS) is 15.6. The van der Waals surface area contributed by atoms with Crippen molar-refractivity contribution in [3.8, 4) is 0 Å². The summed E-state index contributed by atoms with van der Waals surface area (Å²) in [5.74, 6) is 2.35. The molecular formula is C17H22N6S. The first kappa shape index (κ1) is 16.6. The maximum Gasteiger partial charge on any atom is 0.225 e. The van der Waals surface area contributed by atoms with E-state index in [1.165, 1.54) is 4.90 Å². The van der Waals surface area contributed by atoms with E-state index in [-0.39, 0.29) is 0 Å². The van der Waals surface area contributed by atoms with E-state index in [0.29, 0.717) is 5.96 Å². The van der Waals surface area contributed by atoms with Gasteiger partial charge in [-0.1, -0.05) is 18.2 Å². The molecule has 0 aliphatic carbocycles. The van der Waals surface area contributed by atoms with Gasteiger partial charge in [0.15, 0.2) is 5.96 Å². The third-order valence-electron chi connectivity index (χ3n) is 3.82. The Hall–Kier alpha value is -2.28. The van der Waals surface area contributed by atoms with Gasteiger partial charge in [-0.25, -0.2) is 9.97 Å². The van der Waals surface area contributed by atoms with Crippen molar-refractivity contribution in [3.05, 3.63) is 48.8 Å². The molecule has 1 aliphatic rings. The number of aliphatic imine (C=N–C) groups is 1. The number of piperazine rings is 1. The number of anilines is 1. The van der Waals surface area contributed by atoms with Gasteiger partial charge in [-0.05, 0) is 18.2 Å². The smallest absolute Gasteiger partial charge is 0.225 e. The topological polar surface area (TPSA) is 70.6 Å². The van der Waals surface area contributed by atoms with Gasteiger partial charge < -0.3 is 15.5 Å². The molecule has 0 radical (unpaired) electrons. The summed E-state index contributed by atoms with van der Waals surface area (Å²) < 4.78 is 0. The highest BCUT2D eigenvalue weighted by atomic mass is 32.2. The van der Waals surface area contributed by atoms with E-state index < -0.39 is 0 Å². The van der Waals surface area contributed by atoms with Crippen molar-refractivity contribution in [3.63, 3.8) is 0 Å². The third-order valence-corrected chi connectivity index (χ3v) is 4.81. The zero-order valence-electron chi connectivity index (χ0n) is 13.6. The van der Waals surface area contributed by atoms with Crippen LogP contribution in [0.2, 0.25) is 0 Å². The molecule has 6 nitrogen and oxygen atoms in total. The number of aromatic nitrogens is 2. The first-order valence-electron chi connectivity index (χ1n) is 8.07. The fraction of sp³-hybridized carbons (Fsp3) is 0.353. The van der Waals surface area contributed by atoms with E-state index in [2.05, 4.69) is 49.0 Å². The third kappa shape index (κ3) is 4.61. The largest absolute Gasteiger partial charge is 0.370 e. The van der Waals surface area contributed by atoms with Gasteiger partial charge in [0.25, 0.3) is 0 Å². The molecule has 126 valence electrons. The summed E-state index contributed by atoms with van der Waals surface area (Å²) in [6, 6.07) is 12.2. The standard InChI is InChI=1S/C17H22N6S/c18-16(19-9-14-24-15-5-2-1-3-6-15)22-10-12-23(13-11-22)17-20-7-4-8-21-17/h1-8H,9-14H2,(H2,18,19). The molecule has 0 amide bonds. The van der Waals surface area contributed by atoms with Crippen LogP contribution in [0.4, 0.5) is 5.95 Å². The van der Waals surface area contributed by atoms with Crippen LogP contribution in [0, 0.1) is 0 Å². The molecule has 0 atom stereocenters. The lowest BCUT2D eigenvalue weighted by Gasteiger charge is -2.35. The number of benzene rings is 1. The Morgan fingerprint density at radius 1 is 1.04 bits per heavy atom. The number of rotatable bonds is 5. The first-order valence-corrected chi connectivity index (χ1v) is 9.06. The van der Waals surface area contributed by atoms with Crippen LogP contribution in [0.5, 0.6) is 0 Å². The Bertz CT molecular complexity index is 641. The molecule has 0 spiro atoms. The molecule has 2 N–H and O–H groups in total. The average Bonchev–Trinajstić information content (AvgIpc) is 2.67. The number of guanidine groups is 1. The lowest BCUT2D eigenvalue weighted by atomic mass is 10.3. The molecule has 1 aliphatic heterocycles. The van der Waals surface area contributed by atoms with Crippen LogP contribution >= 0.6 is 11.8 Å². The van der Waals surface area contributed by atoms with Crippen molar-refractivity contribution in [2.75, 3.05) is 43.4 Å². The van der Waals surface area contributed by atoms with Crippen molar-refractivity contribution < 1.29 is 0 Å². The predicted octanol–water partition coefficient (Wildman–Crippen LogP) is 1.71. The minimum Gasteiger partial charge on any atom is -0.370 e. The molecule has 24 heavy (non-hydrogen) atoms. The Labute approximate surface area is 146 Å². The Morgan fingerprint density at radius 2 is 1.75 bits per heavy atom. The number of thioether (sulfide) groups is 1. The van der Waals surface area contributed by atoms with Gasteiger partial charge >= 0.3 is 0 Å². The SMILES string of the molecule is NC(=NCCSc1ccccc1)N1CCN(c2ncccn2)CC1. The van der Waals surface area contributed by atoms with E-state index in [1.807, 2.05) is 12.1 Å². The van der Waals surface area contributed by atoms with E-state index in [4.69, 9.17) is 5.73 Å². The quantitative estimate of drug-likeness (QED) is 0.386. The number of nitrogens with zero attached hydrogens (tertiary/aromatic N) is 5. The van der Waals surface area contributed by atoms with Crippen LogP contribution in [0.1, 0.15) is 0 Å². The molecule has 7 heteroatoms. The van der Waals surface area contributed by atoms with Crippen molar-refractivity contribution in [2.45, 2.75) is 4.90 Å². The number of hydrogen-bond donors (Lipinski definition) is 1. The zero-order valence-corrected chi connectivity index (χ0v) is 14.4. The molecule has 3 rings (SSSR count). The predicted molar refractivity (Wildman–Crippen MR) is 99.5 cm³/mol. The van der Waals surface area contributed by atoms with Crippen LogP contribution in [-0.4, -0.2) is 59.3 Å². The highest BCUT2D eigenvalue weighted by Crippen LogP contribution is 2.16. The van der Waals surface area contributed by atoms with Crippen molar-refractivity contribution in [1.82, 2.24) is 14.9 Å². The Morgan fingerprint density at radius 3 is 2.46 bits per heavy atom. The van der Waals surface area contributed by atoms with E-state index in [1.54, 1.807) is 24.2 Å². The van der Waals surface area contributed by atoms with Crippen LogP contribution < -0.4 is 10.6 Å². The second-order valence-electron chi connectivity index (χ2n) is 5.42. The summed E-state index contributed by atoms with van der Waals surface area (Å²) in [5.41, 5.74) is 6.13. The van der Waals surface area contributed by atoms with Gasteiger partial charge in [-0.15, -0.1) is 11.8 Å². The van der Waals surface area contributed by atoms with Gasteiger partial charge in [0.1, 0.15) is 0 Å². The summed E-state index contributed by atoms with van der Waals surface area (Å²) in [4.78, 5) is 18.7. The van der Waals surface area contributed by atoms with Crippen LogP contribution in [-0.2, 0) is 0 Å². The van der Waals surface area contributed by atoms with Crippen molar-refractivity contribution >= 4 is 23.7 Å². The fourth-order valence-corrected chi connectivity index (χ4v) is 3.30. The summed E-state index contributed by atoms with van der Waals surface area (Å²) in [7, 11) is 0. The van der Waals surface area contributed by atoms with Crippen LogP contribution in [0.15, 0.2) is 58.7 Å². The average molecular weight is 342 g/mol. The van der Waals surface area contributed by atoms with Gasteiger partial charge in [-0.2, -0.15) is 0 Å². The molecule has 0 unspecified atom stereocenters. The molecule has 1 aromatic heterocycles. The highest BCUT2D eigenvalue weighted by molar-refractivity contribution is 7.99. The van der Waals surface area contributed by atoms with Crippen molar-refractivity contribution in [1.29, 1.82) is 0 Å². The maximum absolute atomic E-state index is 6.13. The summed E-state index contributed by atoms with van der Waals surface area (Å²) in [6.45, 7) is 4.14. The molecule has 2 heterocycles. The molecule has 2 aromatic rings. The molecule has 0 bridgehead atoms. The van der Waals surface area contributed by atoms with Crippen molar-refractivity contribution in [2.24, 2.45) is 10.7 Å². The monoisotopic (exact) mass is 342 g/mol. The molecule has 1 saturated heterocycles. The van der Waals surface area contributed by atoms with Crippen LogP contribution in [0.25, 0.3) is 0 Å². The fourth-order valence-electron chi connectivity index (χ4n) is 2.53. The van der Waals surface area contributed by atoms with E-state index >= 15 is 0 Å². The minimum atomic E-state index is 0.636. The van der Waals surface area contributed by atoms with Gasteiger partial charge in [-0.3, -0.25) is 4.99 Å². The number of nitrogens with two attached hydrogens (primary N) is 1. The zero-order chi connectivity index (χ0) is 16.6. The van der Waals surface area contributed by atoms with Gasteiger partial charge in [0.2, 0.25) is 5.95 Å². The minimum absolute atomic E-state index is 0.636. The maximum atomic E-state index is 6.13. The van der Waals surface area contributed by atoms with E-state index in [9.17, 15) is 0 Å². The van der Waals surface area contributed by atoms with Gasteiger partial charge in [0.05, 0.1) is 6.54 Å². The highest BCUT2D eigenvalue weighted by Gasteiger charge is 2.19. The summed E-state index contributed by atoms with van der Waals surface area (Å²) >= 11 is 1.80. The number of hydrogen-bond acceptors (Lipinski definition) is 5. The lowest BCUT2D eigenvalue weighted by molar-refractivity contribution is 0.378. The molecule has 1 fully saturated rings. The summed E-state index contributed by atoms with van der Waals surface area (Å²) in [5, 5.41) is 0. The van der Waals surface area contributed by atoms with Gasteiger partial charge in [0, 0.05) is 49.2 Å². The Balaban J connectivity index is 1.42. The molecule has 0 saturated carbocycles.